The highest BCUT2D eigenvalue weighted by atomic mass is 16.5. The summed E-state index contributed by atoms with van der Waals surface area (Å²) in [7, 11) is 2.80. The van der Waals surface area contributed by atoms with Crippen LogP contribution in [0, 0.1) is 0 Å². The highest BCUT2D eigenvalue weighted by molar-refractivity contribution is 5.88. The average Bonchev–Trinajstić information content (AvgIpc) is 2.52. The normalized spacial score (nSPS) is 16.5. The van der Waals surface area contributed by atoms with E-state index in [1.807, 2.05) is 0 Å². The predicted octanol–water partition coefficient (Wildman–Crippen LogP) is 0.297. The number of carbonyl (C=O) groups is 3. The Morgan fingerprint density at radius 3 is 2.65 bits per heavy atom. The minimum atomic E-state index is -0.732. The van der Waals surface area contributed by atoms with Crippen molar-refractivity contribution in [2.75, 3.05) is 20.7 Å². The Labute approximate surface area is 134 Å². The van der Waals surface area contributed by atoms with Crippen LogP contribution in [0.4, 0.5) is 0 Å². The molecule has 7 nitrogen and oxygen atoms in total. The lowest BCUT2D eigenvalue weighted by Gasteiger charge is -2.36. The van der Waals surface area contributed by atoms with Crippen LogP contribution in [-0.4, -0.2) is 59.4 Å². The van der Waals surface area contributed by atoms with E-state index in [0.717, 1.165) is 11.1 Å². The van der Waals surface area contributed by atoms with Gasteiger partial charge in [-0.3, -0.25) is 9.59 Å². The van der Waals surface area contributed by atoms with Crippen LogP contribution in [0.15, 0.2) is 18.2 Å². The molecular formula is C16H20N2O5. The Morgan fingerprint density at radius 2 is 2.04 bits per heavy atom. The van der Waals surface area contributed by atoms with Gasteiger partial charge in [-0.2, -0.15) is 0 Å². The Bertz CT molecular complexity index is 643. The predicted molar refractivity (Wildman–Crippen MR) is 81.5 cm³/mol. The lowest BCUT2D eigenvalue weighted by Crippen LogP contribution is -2.52. The third-order valence-corrected chi connectivity index (χ3v) is 4.02. The molecule has 0 radical (unpaired) electrons. The average molecular weight is 320 g/mol. The molecule has 1 N–H and O–H groups in total. The Morgan fingerprint density at radius 1 is 1.35 bits per heavy atom. The van der Waals surface area contributed by atoms with Crippen molar-refractivity contribution < 1.29 is 24.2 Å². The van der Waals surface area contributed by atoms with Crippen molar-refractivity contribution in [2.45, 2.75) is 25.9 Å². The van der Waals surface area contributed by atoms with Crippen LogP contribution in [0.2, 0.25) is 0 Å². The molecule has 2 rings (SSSR count). The minimum absolute atomic E-state index is 0.105. The zero-order chi connectivity index (χ0) is 17.1. The summed E-state index contributed by atoms with van der Waals surface area (Å²) in [6.07, 6.45) is 0.317. The van der Waals surface area contributed by atoms with Gasteiger partial charge in [0.25, 0.3) is 0 Å². The fourth-order valence-electron chi connectivity index (χ4n) is 2.58. The molecule has 0 saturated heterocycles. The van der Waals surface area contributed by atoms with Gasteiger partial charge >= 0.3 is 5.97 Å². The number of methoxy groups -OCH3 is 1. The second-order valence-corrected chi connectivity index (χ2v) is 5.59. The van der Waals surface area contributed by atoms with Crippen molar-refractivity contribution in [3.8, 4) is 5.75 Å². The van der Waals surface area contributed by atoms with Crippen molar-refractivity contribution in [3.63, 3.8) is 0 Å². The number of benzene rings is 1. The molecule has 1 atom stereocenters. The van der Waals surface area contributed by atoms with E-state index in [1.54, 1.807) is 18.2 Å². The number of phenolic OH excluding ortho intramolecular Hbond substituents is 1. The van der Waals surface area contributed by atoms with Crippen LogP contribution >= 0.6 is 0 Å². The van der Waals surface area contributed by atoms with Crippen molar-refractivity contribution >= 4 is 17.8 Å². The summed E-state index contributed by atoms with van der Waals surface area (Å²) >= 11 is 0. The first-order chi connectivity index (χ1) is 10.8. The van der Waals surface area contributed by atoms with Crippen LogP contribution in [0.3, 0.4) is 0 Å². The Kier molecular flexibility index (Phi) is 4.88. The van der Waals surface area contributed by atoms with Crippen LogP contribution in [0.5, 0.6) is 5.75 Å². The number of esters is 1. The monoisotopic (exact) mass is 320 g/mol. The molecular weight excluding hydrogens is 300 g/mol. The van der Waals surface area contributed by atoms with Crippen molar-refractivity contribution in [2.24, 2.45) is 0 Å². The fraction of sp³-hybridized carbons (Fsp3) is 0.438. The summed E-state index contributed by atoms with van der Waals surface area (Å²) in [5.41, 5.74) is 1.67. The number of aromatic hydroxyl groups is 1. The third kappa shape index (κ3) is 3.61. The molecule has 23 heavy (non-hydrogen) atoms. The van der Waals surface area contributed by atoms with E-state index in [2.05, 4.69) is 0 Å². The lowest BCUT2D eigenvalue weighted by atomic mass is 9.93. The van der Waals surface area contributed by atoms with Crippen LogP contribution in [-0.2, 0) is 32.1 Å². The van der Waals surface area contributed by atoms with Crippen LogP contribution in [0.25, 0.3) is 0 Å². The fourth-order valence-corrected chi connectivity index (χ4v) is 2.58. The SMILES string of the molecule is COC(=O)[C@@H]1Cc2ccc(O)cc2CN1C(=O)CN(C)C(C)=O. The molecule has 7 heteroatoms. The van der Waals surface area contributed by atoms with Gasteiger partial charge in [0.2, 0.25) is 11.8 Å². The van der Waals surface area contributed by atoms with E-state index in [-0.39, 0.29) is 30.7 Å². The maximum Gasteiger partial charge on any atom is 0.328 e. The molecule has 124 valence electrons. The number of likely N-dealkylation sites (N-methyl/N-ethyl adjacent to an activating group) is 1. The van der Waals surface area contributed by atoms with E-state index >= 15 is 0 Å². The minimum Gasteiger partial charge on any atom is -0.508 e. The molecule has 2 amide bonds. The van der Waals surface area contributed by atoms with Gasteiger partial charge < -0.3 is 19.6 Å². The number of hydrogen-bond acceptors (Lipinski definition) is 5. The largest absolute Gasteiger partial charge is 0.508 e. The van der Waals surface area contributed by atoms with Gasteiger partial charge in [0.1, 0.15) is 11.8 Å². The van der Waals surface area contributed by atoms with E-state index in [1.165, 1.54) is 30.9 Å². The molecule has 1 aromatic rings. The summed E-state index contributed by atoms with van der Waals surface area (Å²) in [5.74, 6) is -0.966. The first-order valence-electron chi connectivity index (χ1n) is 7.23. The number of amides is 2. The first-order valence-corrected chi connectivity index (χ1v) is 7.23. The number of rotatable bonds is 3. The summed E-state index contributed by atoms with van der Waals surface area (Å²) in [6, 6.07) is 4.14. The Hall–Kier alpha value is -2.57. The van der Waals surface area contributed by atoms with Gasteiger partial charge in [0.05, 0.1) is 13.7 Å². The Balaban J connectivity index is 2.28. The third-order valence-electron chi connectivity index (χ3n) is 4.02. The molecule has 0 bridgehead atoms. The van der Waals surface area contributed by atoms with E-state index < -0.39 is 12.0 Å². The molecule has 1 aliphatic heterocycles. The molecule has 0 saturated carbocycles. The number of phenols is 1. The van der Waals surface area contributed by atoms with E-state index in [4.69, 9.17) is 4.74 Å². The van der Waals surface area contributed by atoms with Crippen molar-refractivity contribution in [1.82, 2.24) is 9.80 Å². The second kappa shape index (κ2) is 6.68. The number of carbonyl (C=O) groups excluding carboxylic acids is 3. The maximum absolute atomic E-state index is 12.5. The second-order valence-electron chi connectivity index (χ2n) is 5.59. The van der Waals surface area contributed by atoms with Crippen LogP contribution in [0.1, 0.15) is 18.1 Å². The lowest BCUT2D eigenvalue weighted by molar-refractivity contribution is -0.154. The number of fused-ring (bicyclic) bond motifs is 1. The van der Waals surface area contributed by atoms with Gasteiger partial charge in [-0.1, -0.05) is 6.07 Å². The molecule has 0 spiro atoms. The van der Waals surface area contributed by atoms with Crippen LogP contribution < -0.4 is 0 Å². The van der Waals surface area contributed by atoms with E-state index in [9.17, 15) is 19.5 Å². The molecule has 0 fully saturated rings. The quantitative estimate of drug-likeness (QED) is 0.809. The molecule has 0 aliphatic carbocycles. The maximum atomic E-state index is 12.5. The molecule has 1 aliphatic rings. The standard InChI is InChI=1S/C16H20N2O5/c1-10(19)17(2)9-15(21)18-8-12-6-13(20)5-4-11(12)7-14(18)16(22)23-3/h4-6,14,20H,7-9H2,1-3H3/t14-/m0/s1. The summed E-state index contributed by atoms with van der Waals surface area (Å²) in [5, 5.41) is 9.60. The van der Waals surface area contributed by atoms with E-state index in [0.29, 0.717) is 6.42 Å². The molecule has 1 aromatic carbocycles. The van der Waals surface area contributed by atoms with Gasteiger partial charge in [-0.15, -0.1) is 0 Å². The number of ether oxygens (including phenoxy) is 1. The molecule has 1 heterocycles. The highest BCUT2D eigenvalue weighted by Gasteiger charge is 2.35. The smallest absolute Gasteiger partial charge is 0.328 e. The van der Waals surface area contributed by atoms with Gasteiger partial charge in [0, 0.05) is 26.9 Å². The van der Waals surface area contributed by atoms with Crippen molar-refractivity contribution in [1.29, 1.82) is 0 Å². The number of hydrogen-bond donors (Lipinski definition) is 1. The summed E-state index contributed by atoms with van der Waals surface area (Å²) in [4.78, 5) is 38.5. The first kappa shape index (κ1) is 16.8. The summed E-state index contributed by atoms with van der Waals surface area (Å²) in [6.45, 7) is 1.44. The zero-order valence-corrected chi connectivity index (χ0v) is 13.4. The van der Waals surface area contributed by atoms with Crippen molar-refractivity contribution in [3.05, 3.63) is 29.3 Å². The molecule has 0 unspecified atom stereocenters. The zero-order valence-electron chi connectivity index (χ0n) is 13.4. The molecule has 0 aromatic heterocycles. The number of nitrogens with zero attached hydrogens (tertiary/aromatic N) is 2. The highest BCUT2D eigenvalue weighted by Crippen LogP contribution is 2.27. The van der Waals surface area contributed by atoms with Gasteiger partial charge in [-0.25, -0.2) is 4.79 Å². The topological polar surface area (TPSA) is 87.2 Å². The van der Waals surface area contributed by atoms with Gasteiger partial charge in [-0.05, 0) is 23.3 Å². The summed E-state index contributed by atoms with van der Waals surface area (Å²) < 4.78 is 4.80. The van der Waals surface area contributed by atoms with Gasteiger partial charge in [0.15, 0.2) is 0 Å².